The topological polar surface area (TPSA) is 93.0 Å². The van der Waals surface area contributed by atoms with Gasteiger partial charge in [-0.3, -0.25) is 9.89 Å². The molecule has 2 heterocycles. The number of aromatic amines is 1. The Hall–Kier alpha value is -2.08. The van der Waals surface area contributed by atoms with Gasteiger partial charge >= 0.3 is 0 Å². The van der Waals surface area contributed by atoms with Crippen LogP contribution in [0.3, 0.4) is 0 Å². The van der Waals surface area contributed by atoms with E-state index in [1.807, 2.05) is 6.07 Å². The molecular formula is C15H20N4O2. The Morgan fingerprint density at radius 2 is 2.43 bits per heavy atom. The van der Waals surface area contributed by atoms with E-state index in [1.165, 1.54) is 0 Å². The first-order valence-corrected chi connectivity index (χ1v) is 7.32. The zero-order chi connectivity index (χ0) is 14.8. The molecule has 1 amide bonds. The highest BCUT2D eigenvalue weighted by molar-refractivity contribution is 6.05. The number of H-pyrrole nitrogens is 1. The zero-order valence-electron chi connectivity index (χ0n) is 12.1. The number of ether oxygens (including phenoxy) is 1. The molecule has 0 spiro atoms. The van der Waals surface area contributed by atoms with Crippen LogP contribution in [0.15, 0.2) is 18.2 Å². The largest absolute Gasteiger partial charge is 0.399 e. The number of benzene rings is 1. The minimum absolute atomic E-state index is 0.173. The van der Waals surface area contributed by atoms with Crippen molar-refractivity contribution in [1.82, 2.24) is 15.5 Å². The highest BCUT2D eigenvalue weighted by Crippen LogP contribution is 2.23. The van der Waals surface area contributed by atoms with Gasteiger partial charge in [0.05, 0.1) is 11.6 Å². The van der Waals surface area contributed by atoms with Crippen molar-refractivity contribution in [2.24, 2.45) is 5.92 Å². The maximum absolute atomic E-state index is 12.3. The van der Waals surface area contributed by atoms with Crippen LogP contribution in [0.1, 0.15) is 30.3 Å². The summed E-state index contributed by atoms with van der Waals surface area (Å²) < 4.78 is 5.63. The lowest BCUT2D eigenvalue weighted by atomic mass is 9.99. The fourth-order valence-electron chi connectivity index (χ4n) is 2.89. The van der Waals surface area contributed by atoms with Crippen LogP contribution in [-0.2, 0) is 4.74 Å². The van der Waals surface area contributed by atoms with Gasteiger partial charge in [-0.2, -0.15) is 5.10 Å². The molecule has 6 nitrogen and oxygen atoms in total. The van der Waals surface area contributed by atoms with Crippen molar-refractivity contribution in [3.63, 3.8) is 0 Å². The van der Waals surface area contributed by atoms with Crippen LogP contribution in [0, 0.1) is 5.92 Å². The Balaban J connectivity index is 1.71. The third-order valence-corrected chi connectivity index (χ3v) is 4.08. The van der Waals surface area contributed by atoms with Crippen molar-refractivity contribution in [3.8, 4) is 0 Å². The number of nitrogens with one attached hydrogen (secondary N) is 2. The van der Waals surface area contributed by atoms with E-state index in [1.54, 1.807) is 12.1 Å². The van der Waals surface area contributed by atoms with Crippen molar-refractivity contribution in [3.05, 3.63) is 23.9 Å². The predicted molar refractivity (Wildman–Crippen MR) is 81.0 cm³/mol. The minimum Gasteiger partial charge on any atom is -0.399 e. The van der Waals surface area contributed by atoms with Crippen LogP contribution in [0.5, 0.6) is 0 Å². The predicted octanol–water partition coefficient (Wildman–Crippen LogP) is 1.69. The quantitative estimate of drug-likeness (QED) is 0.746. The summed E-state index contributed by atoms with van der Waals surface area (Å²) in [5.41, 5.74) is 7.59. The van der Waals surface area contributed by atoms with Crippen molar-refractivity contribution >= 4 is 22.5 Å². The highest BCUT2D eigenvalue weighted by Gasteiger charge is 2.27. The molecule has 2 unspecified atom stereocenters. The lowest BCUT2D eigenvalue weighted by Crippen LogP contribution is -2.33. The van der Waals surface area contributed by atoms with E-state index in [0.717, 1.165) is 30.4 Å². The molecule has 3 rings (SSSR count). The van der Waals surface area contributed by atoms with E-state index in [2.05, 4.69) is 22.4 Å². The number of hydrogen-bond acceptors (Lipinski definition) is 4. The second-order valence-electron chi connectivity index (χ2n) is 5.45. The van der Waals surface area contributed by atoms with Crippen LogP contribution in [-0.4, -0.2) is 35.4 Å². The summed E-state index contributed by atoms with van der Waals surface area (Å²) in [6.07, 6.45) is 2.21. The van der Waals surface area contributed by atoms with E-state index in [0.29, 0.717) is 23.8 Å². The maximum Gasteiger partial charge on any atom is 0.272 e. The average molecular weight is 288 g/mol. The van der Waals surface area contributed by atoms with Gasteiger partial charge in [-0.25, -0.2) is 0 Å². The molecule has 2 aromatic rings. The molecule has 1 aromatic carbocycles. The number of hydrogen-bond donors (Lipinski definition) is 3. The SMILES string of the molecule is CCC1OCCC1CNC(=O)c1n[nH]c2ccc(N)cc12. The number of nitrogen functional groups attached to an aromatic ring is 1. The number of fused-ring (bicyclic) bond motifs is 1. The van der Waals surface area contributed by atoms with Gasteiger partial charge in [-0.15, -0.1) is 0 Å². The molecule has 112 valence electrons. The molecule has 0 saturated carbocycles. The van der Waals surface area contributed by atoms with Gasteiger partial charge in [0.2, 0.25) is 0 Å². The van der Waals surface area contributed by atoms with Crippen LogP contribution in [0.4, 0.5) is 5.69 Å². The number of rotatable bonds is 4. The van der Waals surface area contributed by atoms with Gasteiger partial charge in [0.1, 0.15) is 0 Å². The molecule has 21 heavy (non-hydrogen) atoms. The Morgan fingerprint density at radius 1 is 1.57 bits per heavy atom. The van der Waals surface area contributed by atoms with E-state index >= 15 is 0 Å². The molecule has 6 heteroatoms. The second kappa shape index (κ2) is 5.73. The summed E-state index contributed by atoms with van der Waals surface area (Å²) >= 11 is 0. The molecular weight excluding hydrogens is 268 g/mol. The first kappa shape index (κ1) is 13.9. The number of amides is 1. The van der Waals surface area contributed by atoms with Crippen LogP contribution in [0.2, 0.25) is 0 Å². The molecule has 0 radical (unpaired) electrons. The van der Waals surface area contributed by atoms with Crippen LogP contribution < -0.4 is 11.1 Å². The number of nitrogens with two attached hydrogens (primary N) is 1. The molecule has 0 aliphatic carbocycles. The van der Waals surface area contributed by atoms with Gasteiger partial charge in [0, 0.05) is 30.1 Å². The molecule has 1 fully saturated rings. The number of anilines is 1. The van der Waals surface area contributed by atoms with Crippen LogP contribution >= 0.6 is 0 Å². The molecule has 4 N–H and O–H groups in total. The van der Waals surface area contributed by atoms with Crippen molar-refractivity contribution < 1.29 is 9.53 Å². The van der Waals surface area contributed by atoms with Gasteiger partial charge in [-0.05, 0) is 31.0 Å². The number of nitrogens with zero attached hydrogens (tertiary/aromatic N) is 1. The first-order chi connectivity index (χ1) is 10.2. The monoisotopic (exact) mass is 288 g/mol. The fraction of sp³-hybridized carbons (Fsp3) is 0.467. The van der Waals surface area contributed by atoms with Crippen molar-refractivity contribution in [2.75, 3.05) is 18.9 Å². The van der Waals surface area contributed by atoms with Crippen molar-refractivity contribution in [2.45, 2.75) is 25.9 Å². The summed E-state index contributed by atoms with van der Waals surface area (Å²) in [4.78, 5) is 12.3. The lowest BCUT2D eigenvalue weighted by Gasteiger charge is -2.16. The summed E-state index contributed by atoms with van der Waals surface area (Å²) in [5.74, 6) is 0.211. The first-order valence-electron chi connectivity index (χ1n) is 7.32. The summed E-state index contributed by atoms with van der Waals surface area (Å²) in [6.45, 7) is 3.50. The van der Waals surface area contributed by atoms with E-state index in [9.17, 15) is 4.79 Å². The summed E-state index contributed by atoms with van der Waals surface area (Å²) in [5, 5.41) is 10.7. The Labute approximate surface area is 123 Å². The standard InChI is InChI=1S/C15H20N4O2/c1-2-13-9(5-6-21-13)8-17-15(20)14-11-7-10(16)3-4-12(11)18-19-14/h3-4,7,9,13H,2,5-6,8,16H2,1H3,(H,17,20)(H,18,19). The van der Waals surface area contributed by atoms with Crippen LogP contribution in [0.25, 0.3) is 10.9 Å². The van der Waals surface area contributed by atoms with Gasteiger partial charge in [0.25, 0.3) is 5.91 Å². The Morgan fingerprint density at radius 3 is 3.24 bits per heavy atom. The average Bonchev–Trinajstić information content (AvgIpc) is 3.10. The van der Waals surface area contributed by atoms with Gasteiger partial charge < -0.3 is 15.8 Å². The molecule has 2 atom stereocenters. The zero-order valence-corrected chi connectivity index (χ0v) is 12.1. The number of carbonyl (C=O) groups excluding carboxylic acids is 1. The lowest BCUT2D eigenvalue weighted by molar-refractivity contribution is 0.0825. The fourth-order valence-corrected chi connectivity index (χ4v) is 2.89. The number of carbonyl (C=O) groups is 1. The highest BCUT2D eigenvalue weighted by atomic mass is 16.5. The summed E-state index contributed by atoms with van der Waals surface area (Å²) in [7, 11) is 0. The smallest absolute Gasteiger partial charge is 0.272 e. The van der Waals surface area contributed by atoms with Gasteiger partial charge in [-0.1, -0.05) is 6.92 Å². The van der Waals surface area contributed by atoms with E-state index < -0.39 is 0 Å². The number of aromatic nitrogens is 2. The normalized spacial score (nSPS) is 21.8. The molecule has 1 aliphatic rings. The molecule has 1 saturated heterocycles. The second-order valence-corrected chi connectivity index (χ2v) is 5.45. The van der Waals surface area contributed by atoms with E-state index in [4.69, 9.17) is 10.5 Å². The Bertz CT molecular complexity index is 652. The summed E-state index contributed by atoms with van der Waals surface area (Å²) in [6, 6.07) is 5.37. The van der Waals surface area contributed by atoms with Crippen molar-refractivity contribution in [1.29, 1.82) is 0 Å². The van der Waals surface area contributed by atoms with E-state index in [-0.39, 0.29) is 12.0 Å². The molecule has 0 bridgehead atoms. The Kier molecular flexibility index (Phi) is 3.79. The van der Waals surface area contributed by atoms with Gasteiger partial charge in [0.15, 0.2) is 5.69 Å². The third kappa shape index (κ3) is 2.71. The maximum atomic E-state index is 12.3. The minimum atomic E-state index is -0.173. The molecule has 1 aliphatic heterocycles. The third-order valence-electron chi connectivity index (χ3n) is 4.08. The molecule has 1 aromatic heterocycles.